The van der Waals surface area contributed by atoms with Crippen molar-refractivity contribution >= 4 is 16.8 Å². The van der Waals surface area contributed by atoms with Crippen molar-refractivity contribution in [1.29, 1.82) is 0 Å². The third-order valence-electron chi connectivity index (χ3n) is 4.44. The molecule has 0 radical (unpaired) electrons. The Bertz CT molecular complexity index is 1050. The lowest BCUT2D eigenvalue weighted by Gasteiger charge is -2.13. The minimum Gasteiger partial charge on any atom is -0.471 e. The number of fused-ring (bicyclic) bond motifs is 1. The Morgan fingerprint density at radius 3 is 2.87 bits per heavy atom. The Hall–Kier alpha value is -3.14. The summed E-state index contributed by atoms with van der Waals surface area (Å²) in [6.45, 7) is 2.65. The van der Waals surface area contributed by atoms with Crippen LogP contribution in [0.15, 0.2) is 30.7 Å². The maximum absolute atomic E-state index is 13.0. The van der Waals surface area contributed by atoms with Gasteiger partial charge >= 0.3 is 0 Å². The van der Waals surface area contributed by atoms with E-state index < -0.39 is 12.5 Å². The van der Waals surface area contributed by atoms with Crippen molar-refractivity contribution in [2.24, 2.45) is 0 Å². The number of aryl methyl sites for hydroxylation is 1. The van der Waals surface area contributed by atoms with Gasteiger partial charge in [-0.25, -0.2) is 13.8 Å². The molecule has 3 rings (SSSR count). The minimum atomic E-state index is -2.93. The van der Waals surface area contributed by atoms with Crippen LogP contribution < -0.4 is 10.1 Å². The number of hydrogen-bond donors (Lipinski definition) is 2. The molecule has 8 nitrogen and oxygen atoms in total. The lowest BCUT2D eigenvalue weighted by Crippen LogP contribution is -2.26. The molecule has 3 heterocycles. The molecule has 0 unspecified atom stereocenters. The van der Waals surface area contributed by atoms with Gasteiger partial charge in [-0.2, -0.15) is 5.10 Å². The van der Waals surface area contributed by atoms with E-state index in [2.05, 4.69) is 20.4 Å². The Kier molecular flexibility index (Phi) is 7.11. The minimum absolute atomic E-state index is 0.0212. The summed E-state index contributed by atoms with van der Waals surface area (Å²) in [4.78, 5) is 20.5. The van der Waals surface area contributed by atoms with E-state index >= 15 is 0 Å². The Morgan fingerprint density at radius 1 is 1.35 bits per heavy atom. The van der Waals surface area contributed by atoms with E-state index in [0.717, 1.165) is 17.9 Å². The lowest BCUT2D eigenvalue weighted by molar-refractivity contribution is -0.120. The zero-order valence-corrected chi connectivity index (χ0v) is 17.4. The van der Waals surface area contributed by atoms with E-state index in [1.165, 1.54) is 0 Å². The molecule has 31 heavy (non-hydrogen) atoms. The summed E-state index contributed by atoms with van der Waals surface area (Å²) >= 11 is 0. The van der Waals surface area contributed by atoms with Gasteiger partial charge in [-0.15, -0.1) is 0 Å². The van der Waals surface area contributed by atoms with Gasteiger partial charge in [0.25, 0.3) is 5.92 Å². The SMILES string of the molecule is Cc1cc(Cn2cc3c(CC(=O)NCCCO)nccc3n2)cnc1OCC(C)(F)F. The number of pyridine rings is 2. The van der Waals surface area contributed by atoms with Gasteiger partial charge in [-0.1, -0.05) is 0 Å². The van der Waals surface area contributed by atoms with Gasteiger partial charge < -0.3 is 15.2 Å². The van der Waals surface area contributed by atoms with Crippen LogP contribution in [-0.4, -0.2) is 56.4 Å². The molecule has 0 fully saturated rings. The van der Waals surface area contributed by atoms with Crippen molar-refractivity contribution in [1.82, 2.24) is 25.1 Å². The van der Waals surface area contributed by atoms with Gasteiger partial charge in [0.05, 0.1) is 24.2 Å². The lowest BCUT2D eigenvalue weighted by atomic mass is 10.2. The van der Waals surface area contributed by atoms with E-state index in [0.29, 0.717) is 36.3 Å². The maximum Gasteiger partial charge on any atom is 0.278 e. The number of nitrogens with zero attached hydrogens (tertiary/aromatic N) is 4. The Balaban J connectivity index is 1.71. The molecular formula is C21H25F2N5O3. The number of carbonyl (C=O) groups is 1. The molecule has 10 heteroatoms. The van der Waals surface area contributed by atoms with E-state index in [9.17, 15) is 13.6 Å². The van der Waals surface area contributed by atoms with Crippen molar-refractivity contribution in [3.05, 3.63) is 47.5 Å². The van der Waals surface area contributed by atoms with Gasteiger partial charge in [0.2, 0.25) is 11.8 Å². The van der Waals surface area contributed by atoms with Crippen LogP contribution in [0.4, 0.5) is 8.78 Å². The molecule has 2 N–H and O–H groups in total. The van der Waals surface area contributed by atoms with Crippen molar-refractivity contribution < 1.29 is 23.4 Å². The number of aliphatic hydroxyl groups excluding tert-OH is 1. The van der Waals surface area contributed by atoms with Crippen LogP contribution in [0.5, 0.6) is 5.88 Å². The van der Waals surface area contributed by atoms with Gasteiger partial charge in [0.15, 0.2) is 6.61 Å². The molecule has 3 aromatic heterocycles. The highest BCUT2D eigenvalue weighted by molar-refractivity contribution is 5.86. The third kappa shape index (κ3) is 6.42. The molecule has 1 amide bonds. The van der Waals surface area contributed by atoms with E-state index in [-0.39, 0.29) is 24.8 Å². The number of halogens is 2. The van der Waals surface area contributed by atoms with Gasteiger partial charge in [-0.05, 0) is 31.0 Å². The van der Waals surface area contributed by atoms with Gasteiger partial charge in [0, 0.05) is 49.6 Å². The average molecular weight is 433 g/mol. The largest absolute Gasteiger partial charge is 0.471 e. The smallest absolute Gasteiger partial charge is 0.278 e. The van der Waals surface area contributed by atoms with Crippen LogP contribution in [0, 0.1) is 6.92 Å². The maximum atomic E-state index is 13.0. The summed E-state index contributed by atoms with van der Waals surface area (Å²) in [7, 11) is 0. The van der Waals surface area contributed by atoms with Crippen molar-refractivity contribution in [2.45, 2.75) is 39.2 Å². The second kappa shape index (κ2) is 9.78. The summed E-state index contributed by atoms with van der Waals surface area (Å²) in [5.74, 6) is -2.92. The number of nitrogens with one attached hydrogen (secondary N) is 1. The number of alkyl halides is 2. The monoisotopic (exact) mass is 433 g/mol. The fourth-order valence-corrected chi connectivity index (χ4v) is 3.03. The standard InChI is InChI=1S/C21H25F2N5O3/c1-14-8-15(10-26-20(14)31-13-21(2,22)23)11-28-12-16-17(27-28)4-6-24-18(16)9-19(30)25-5-3-7-29/h4,6,8,10,12,29H,3,5,7,9,11,13H2,1-2H3,(H,25,30). The average Bonchev–Trinajstić information content (AvgIpc) is 3.10. The molecule has 166 valence electrons. The Morgan fingerprint density at radius 2 is 2.16 bits per heavy atom. The first kappa shape index (κ1) is 22.5. The molecule has 0 aliphatic heterocycles. The van der Waals surface area contributed by atoms with Gasteiger partial charge in [-0.3, -0.25) is 14.5 Å². The van der Waals surface area contributed by atoms with Crippen LogP contribution in [0.3, 0.4) is 0 Å². The fraction of sp³-hybridized carbons (Fsp3) is 0.429. The number of hydrogen-bond acceptors (Lipinski definition) is 6. The quantitative estimate of drug-likeness (QED) is 0.476. The molecule has 0 aliphatic carbocycles. The number of aromatic nitrogens is 4. The number of aliphatic hydroxyl groups is 1. The first-order valence-electron chi connectivity index (χ1n) is 9.90. The molecule has 0 aliphatic rings. The zero-order chi connectivity index (χ0) is 22.4. The molecule has 3 aromatic rings. The molecule has 0 atom stereocenters. The second-order valence-electron chi connectivity index (χ2n) is 7.45. The first-order chi connectivity index (χ1) is 14.7. The zero-order valence-electron chi connectivity index (χ0n) is 17.4. The third-order valence-corrected chi connectivity index (χ3v) is 4.44. The summed E-state index contributed by atoms with van der Waals surface area (Å²) in [5.41, 5.74) is 2.81. The molecule has 0 bridgehead atoms. The summed E-state index contributed by atoms with van der Waals surface area (Å²) in [5, 5.41) is 16.8. The Labute approximate surface area is 178 Å². The molecule has 0 aromatic carbocycles. The van der Waals surface area contributed by atoms with Crippen LogP contribution in [-0.2, 0) is 17.8 Å². The van der Waals surface area contributed by atoms with E-state index in [1.54, 1.807) is 30.1 Å². The first-order valence-corrected chi connectivity index (χ1v) is 9.90. The number of amides is 1. The predicted molar refractivity (Wildman–Crippen MR) is 110 cm³/mol. The second-order valence-corrected chi connectivity index (χ2v) is 7.45. The molecule has 0 spiro atoms. The number of carbonyl (C=O) groups excluding carboxylic acids is 1. The summed E-state index contributed by atoms with van der Waals surface area (Å²) in [6, 6.07) is 3.58. The fourth-order valence-electron chi connectivity index (χ4n) is 3.03. The van der Waals surface area contributed by atoms with Crippen LogP contribution in [0.2, 0.25) is 0 Å². The normalized spacial score (nSPS) is 11.6. The topological polar surface area (TPSA) is 102 Å². The summed E-state index contributed by atoms with van der Waals surface area (Å²) < 4.78 is 32.8. The molecule has 0 saturated heterocycles. The van der Waals surface area contributed by atoms with E-state index in [4.69, 9.17) is 9.84 Å². The van der Waals surface area contributed by atoms with E-state index in [1.807, 2.05) is 12.3 Å². The van der Waals surface area contributed by atoms with Gasteiger partial charge in [0.1, 0.15) is 0 Å². The van der Waals surface area contributed by atoms with Crippen LogP contribution in [0.25, 0.3) is 10.9 Å². The number of rotatable bonds is 10. The van der Waals surface area contributed by atoms with Crippen LogP contribution >= 0.6 is 0 Å². The van der Waals surface area contributed by atoms with Crippen molar-refractivity contribution in [3.8, 4) is 5.88 Å². The molecular weight excluding hydrogens is 408 g/mol. The summed E-state index contributed by atoms with van der Waals surface area (Å²) in [6.07, 6.45) is 5.60. The number of ether oxygens (including phenoxy) is 1. The predicted octanol–water partition coefficient (Wildman–Crippen LogP) is 2.26. The van der Waals surface area contributed by atoms with Crippen molar-refractivity contribution in [2.75, 3.05) is 19.8 Å². The molecule has 0 saturated carbocycles. The highest BCUT2D eigenvalue weighted by Gasteiger charge is 2.22. The highest BCUT2D eigenvalue weighted by Crippen LogP contribution is 2.21. The van der Waals surface area contributed by atoms with Crippen molar-refractivity contribution in [3.63, 3.8) is 0 Å². The highest BCUT2D eigenvalue weighted by atomic mass is 19.3. The van der Waals surface area contributed by atoms with Crippen LogP contribution in [0.1, 0.15) is 30.2 Å².